The number of benzene rings is 4. The first-order valence-corrected chi connectivity index (χ1v) is 15.1. The third kappa shape index (κ3) is 4.99. The molecule has 1 aliphatic heterocycles. The molecule has 1 aromatic heterocycles. The van der Waals surface area contributed by atoms with Crippen LogP contribution in [-0.4, -0.2) is 37.6 Å². The number of terminal acetylenes is 1. The van der Waals surface area contributed by atoms with Gasteiger partial charge in [-0.2, -0.15) is 0 Å². The highest BCUT2D eigenvalue weighted by atomic mass is 16.5. The Labute approximate surface area is 253 Å². The Morgan fingerprint density at radius 3 is 2.02 bits per heavy atom. The molecule has 2 heterocycles. The van der Waals surface area contributed by atoms with Gasteiger partial charge in [-0.3, -0.25) is 0 Å². The maximum absolute atomic E-state index is 6.15. The minimum Gasteiger partial charge on any atom is -0.490 e. The maximum atomic E-state index is 6.15. The van der Waals surface area contributed by atoms with Crippen molar-refractivity contribution in [2.24, 2.45) is 0 Å². The SMILES string of the molecule is C#CCOc1cc2c(-c3ccc(OCC)c(OCC)c3)c3n(c2c2ccccc12)CCc1cc(OCC)c(OCC)cc1-3. The Balaban J connectivity index is 1.72. The molecule has 6 rings (SSSR count). The topological polar surface area (TPSA) is 51.1 Å². The average Bonchev–Trinajstić information content (AvgIpc) is 3.36. The van der Waals surface area contributed by atoms with Crippen LogP contribution < -0.4 is 23.7 Å². The first-order valence-electron chi connectivity index (χ1n) is 15.1. The van der Waals surface area contributed by atoms with Crippen LogP contribution in [-0.2, 0) is 13.0 Å². The van der Waals surface area contributed by atoms with Gasteiger partial charge in [-0.05, 0) is 75.6 Å². The zero-order valence-electron chi connectivity index (χ0n) is 25.3. The van der Waals surface area contributed by atoms with E-state index in [1.54, 1.807) is 0 Å². The number of ether oxygens (including phenoxy) is 5. The Morgan fingerprint density at radius 1 is 0.674 bits per heavy atom. The zero-order chi connectivity index (χ0) is 29.9. The van der Waals surface area contributed by atoms with Crippen LogP contribution in [0.5, 0.6) is 28.7 Å². The second kappa shape index (κ2) is 12.2. The monoisotopic (exact) mass is 575 g/mol. The smallest absolute Gasteiger partial charge is 0.161 e. The molecule has 6 heteroatoms. The summed E-state index contributed by atoms with van der Waals surface area (Å²) in [6.07, 6.45) is 6.49. The number of aryl methyl sites for hydroxylation is 2. The van der Waals surface area contributed by atoms with Crippen LogP contribution in [0.3, 0.4) is 0 Å². The van der Waals surface area contributed by atoms with Gasteiger partial charge in [0.15, 0.2) is 23.0 Å². The molecule has 0 radical (unpaired) electrons. The van der Waals surface area contributed by atoms with Crippen molar-refractivity contribution >= 4 is 21.7 Å². The molecule has 0 bridgehead atoms. The summed E-state index contributed by atoms with van der Waals surface area (Å²) in [6.45, 7) is 11.2. The Hall–Kier alpha value is -4.76. The minimum absolute atomic E-state index is 0.191. The molecule has 220 valence electrons. The first kappa shape index (κ1) is 28.4. The van der Waals surface area contributed by atoms with Crippen LogP contribution in [0.1, 0.15) is 33.3 Å². The molecule has 43 heavy (non-hydrogen) atoms. The Kier molecular flexibility index (Phi) is 8.07. The molecule has 0 saturated carbocycles. The number of aromatic nitrogens is 1. The van der Waals surface area contributed by atoms with Crippen molar-refractivity contribution in [3.05, 3.63) is 66.2 Å². The van der Waals surface area contributed by atoms with Crippen molar-refractivity contribution in [3.63, 3.8) is 0 Å². The second-order valence-electron chi connectivity index (χ2n) is 10.3. The van der Waals surface area contributed by atoms with E-state index in [9.17, 15) is 0 Å². The molecule has 0 atom stereocenters. The lowest BCUT2D eigenvalue weighted by atomic mass is 9.92. The first-order chi connectivity index (χ1) is 21.1. The van der Waals surface area contributed by atoms with E-state index in [4.69, 9.17) is 30.1 Å². The molecular formula is C37H37NO5. The van der Waals surface area contributed by atoms with Gasteiger partial charge >= 0.3 is 0 Å². The van der Waals surface area contributed by atoms with E-state index in [1.807, 2.05) is 39.8 Å². The predicted octanol–water partition coefficient (Wildman–Crippen LogP) is 8.29. The van der Waals surface area contributed by atoms with Gasteiger partial charge < -0.3 is 28.3 Å². The molecule has 0 amide bonds. The van der Waals surface area contributed by atoms with Crippen molar-refractivity contribution < 1.29 is 23.7 Å². The molecule has 5 aromatic rings. The van der Waals surface area contributed by atoms with Gasteiger partial charge in [0.05, 0.1) is 37.6 Å². The van der Waals surface area contributed by atoms with Crippen LogP contribution in [0.4, 0.5) is 0 Å². The summed E-state index contributed by atoms with van der Waals surface area (Å²) in [5.74, 6) is 6.37. The highest BCUT2D eigenvalue weighted by molar-refractivity contribution is 6.17. The number of rotatable bonds is 11. The molecule has 0 fully saturated rings. The van der Waals surface area contributed by atoms with Crippen molar-refractivity contribution in [1.82, 2.24) is 4.57 Å². The minimum atomic E-state index is 0.191. The summed E-state index contributed by atoms with van der Waals surface area (Å²) in [5, 5.41) is 3.24. The van der Waals surface area contributed by atoms with Crippen LogP contribution in [0.25, 0.3) is 44.1 Å². The summed E-state index contributed by atoms with van der Waals surface area (Å²) in [7, 11) is 0. The third-order valence-electron chi connectivity index (χ3n) is 7.80. The molecule has 0 N–H and O–H groups in total. The molecule has 0 spiro atoms. The number of fused-ring (bicyclic) bond motifs is 7. The van der Waals surface area contributed by atoms with Gasteiger partial charge in [-0.25, -0.2) is 0 Å². The maximum Gasteiger partial charge on any atom is 0.161 e. The fourth-order valence-corrected chi connectivity index (χ4v) is 6.22. The number of hydrogen-bond donors (Lipinski definition) is 0. The van der Waals surface area contributed by atoms with Crippen molar-refractivity contribution in [1.29, 1.82) is 0 Å². The second-order valence-corrected chi connectivity index (χ2v) is 10.3. The van der Waals surface area contributed by atoms with E-state index in [1.165, 1.54) is 5.56 Å². The van der Waals surface area contributed by atoms with Crippen LogP contribution in [0, 0.1) is 12.3 Å². The van der Waals surface area contributed by atoms with E-state index in [2.05, 4.69) is 59.0 Å². The van der Waals surface area contributed by atoms with Gasteiger partial charge in [0.1, 0.15) is 12.4 Å². The molecule has 0 aliphatic carbocycles. The van der Waals surface area contributed by atoms with E-state index >= 15 is 0 Å². The molecule has 0 unspecified atom stereocenters. The Morgan fingerprint density at radius 2 is 1.33 bits per heavy atom. The average molecular weight is 576 g/mol. The lowest BCUT2D eigenvalue weighted by molar-refractivity contribution is 0.287. The van der Waals surface area contributed by atoms with Crippen molar-refractivity contribution in [2.45, 2.75) is 40.7 Å². The highest BCUT2D eigenvalue weighted by Gasteiger charge is 2.29. The van der Waals surface area contributed by atoms with Gasteiger partial charge in [-0.1, -0.05) is 36.3 Å². The van der Waals surface area contributed by atoms with E-state index < -0.39 is 0 Å². The van der Waals surface area contributed by atoms with Crippen molar-refractivity contribution in [2.75, 3.05) is 33.0 Å². The summed E-state index contributed by atoms with van der Waals surface area (Å²) >= 11 is 0. The van der Waals surface area contributed by atoms with E-state index in [0.717, 1.165) is 85.8 Å². The van der Waals surface area contributed by atoms with E-state index in [0.29, 0.717) is 26.4 Å². The fourth-order valence-electron chi connectivity index (χ4n) is 6.22. The zero-order valence-corrected chi connectivity index (χ0v) is 25.3. The normalized spacial score (nSPS) is 12.0. The van der Waals surface area contributed by atoms with Gasteiger partial charge in [0.25, 0.3) is 0 Å². The molecule has 4 aromatic carbocycles. The summed E-state index contributed by atoms with van der Waals surface area (Å²) in [5.41, 5.74) is 6.79. The van der Waals surface area contributed by atoms with Gasteiger partial charge in [0, 0.05) is 33.8 Å². The van der Waals surface area contributed by atoms with Crippen LogP contribution in [0.2, 0.25) is 0 Å². The quantitative estimate of drug-likeness (QED) is 0.148. The molecule has 6 nitrogen and oxygen atoms in total. The van der Waals surface area contributed by atoms with E-state index in [-0.39, 0.29) is 6.61 Å². The lowest BCUT2D eigenvalue weighted by Crippen LogP contribution is -2.12. The van der Waals surface area contributed by atoms with Gasteiger partial charge in [-0.15, -0.1) is 6.42 Å². The lowest BCUT2D eigenvalue weighted by Gasteiger charge is -2.24. The standard InChI is InChI=1S/C37H37NO5/c1-6-19-43-31-23-29-35(25-15-16-30(39-7-2)32(21-25)40-8-3)37-28-22-34(42-10-5)33(41-9-4)20-24(28)17-18-38(37)36(29)27-14-12-11-13-26(27)31/h1,11-16,20-23H,7-10,17-19H2,2-5H3. The van der Waals surface area contributed by atoms with Gasteiger partial charge in [0.2, 0.25) is 0 Å². The number of hydrogen-bond acceptors (Lipinski definition) is 5. The molecule has 0 saturated heterocycles. The largest absolute Gasteiger partial charge is 0.490 e. The summed E-state index contributed by atoms with van der Waals surface area (Å²) in [6, 6.07) is 21.0. The molecular weight excluding hydrogens is 538 g/mol. The summed E-state index contributed by atoms with van der Waals surface area (Å²) in [4.78, 5) is 0. The highest BCUT2D eigenvalue weighted by Crippen LogP contribution is 2.51. The summed E-state index contributed by atoms with van der Waals surface area (Å²) < 4.78 is 32.7. The van der Waals surface area contributed by atoms with Crippen LogP contribution >= 0.6 is 0 Å². The predicted molar refractivity (Wildman–Crippen MR) is 173 cm³/mol. The fraction of sp³-hybridized carbons (Fsp3) is 0.297. The number of nitrogens with zero attached hydrogens (tertiary/aromatic N) is 1. The van der Waals surface area contributed by atoms with Crippen molar-refractivity contribution in [3.8, 4) is 63.5 Å². The third-order valence-corrected chi connectivity index (χ3v) is 7.80. The Bertz CT molecular complexity index is 1840. The van der Waals surface area contributed by atoms with Crippen LogP contribution in [0.15, 0.2) is 60.7 Å². The molecule has 1 aliphatic rings.